The highest BCUT2D eigenvalue weighted by Gasteiger charge is 2.52. The average molecular weight is 1570 g/mol. The van der Waals surface area contributed by atoms with E-state index in [9.17, 15) is 65.4 Å². The molecule has 0 spiro atoms. The number of nitrogens with zero attached hydrogens (tertiary/aromatic N) is 1. The van der Waals surface area contributed by atoms with Gasteiger partial charge in [0.1, 0.15) is 89.5 Å². The molecule has 22 N–H and O–H groups in total. The number of fused-ring (bicyclic) bond motifs is 15. The molecule has 0 aromatic heterocycles. The van der Waals surface area contributed by atoms with Gasteiger partial charge >= 0.3 is 5.97 Å². The fourth-order valence-corrected chi connectivity index (χ4v) is 14.6. The number of carbonyl (C=O) groups is 8. The second-order valence-corrected chi connectivity index (χ2v) is 30.2. The molecule has 3 saturated heterocycles. The maximum Gasteiger partial charge on any atom is 0.330 e. The van der Waals surface area contributed by atoms with Crippen molar-refractivity contribution < 1.29 is 127 Å². The highest BCUT2D eigenvalue weighted by molar-refractivity contribution is 6.32. The number of hydrogen-bond donors (Lipinski definition) is 19. The average Bonchev–Trinajstić information content (AvgIpc) is 0.773. The summed E-state index contributed by atoms with van der Waals surface area (Å²) in [6, 6.07) is 1.60. The van der Waals surface area contributed by atoms with Gasteiger partial charge in [-0.25, -0.2) is 4.79 Å². The van der Waals surface area contributed by atoms with Crippen LogP contribution in [-0.4, -0.2) is 227 Å². The fourth-order valence-electron chi connectivity index (χ4n) is 14.4. The van der Waals surface area contributed by atoms with Gasteiger partial charge in [-0.15, -0.1) is 0 Å². The minimum atomic E-state index is -2.34. The number of primary amides is 1. The van der Waals surface area contributed by atoms with Crippen LogP contribution in [0.4, 0.5) is 0 Å². The summed E-state index contributed by atoms with van der Waals surface area (Å²) in [4.78, 5) is 122. The number of likely N-dealkylation sites (N-methyl/N-ethyl adjacent to an activating group) is 1. The van der Waals surface area contributed by atoms with Crippen LogP contribution >= 0.6 is 11.6 Å². The summed E-state index contributed by atoms with van der Waals surface area (Å²) >= 11 is 7.35. The number of carboxylic acid groups (broad SMARTS) is 1. The summed E-state index contributed by atoms with van der Waals surface area (Å²) in [6.45, 7) is 8.69. The van der Waals surface area contributed by atoms with Crippen molar-refractivity contribution in [2.45, 2.75) is 201 Å². The quantitative estimate of drug-likeness (QED) is 0.0657. The van der Waals surface area contributed by atoms with E-state index in [1.54, 1.807) is 19.0 Å². The zero-order chi connectivity index (χ0) is 80.9. The Morgan fingerprint density at radius 2 is 1.27 bits per heavy atom. The number of nitrogens with two attached hydrogens (primary N) is 3. The van der Waals surface area contributed by atoms with E-state index >= 15 is 24.0 Å². The molecule has 600 valence electrons. The zero-order valence-corrected chi connectivity index (χ0v) is 62.1. The van der Waals surface area contributed by atoms with Gasteiger partial charge in [-0.3, -0.25) is 38.5 Å². The number of carbonyl (C=O) groups excluding carboxylic acids is 7. The van der Waals surface area contributed by atoms with E-state index in [0.717, 1.165) is 42.5 Å². The Hall–Kier alpha value is -9.61. The predicted octanol–water partition coefficient (Wildman–Crippen LogP) is 0.0325. The minimum Gasteiger partial charge on any atom is -0.508 e. The second-order valence-electron chi connectivity index (χ2n) is 29.8. The van der Waals surface area contributed by atoms with Gasteiger partial charge in [0.05, 0.1) is 48.5 Å². The predicted molar refractivity (Wildman–Crippen MR) is 385 cm³/mol. The lowest BCUT2D eigenvalue weighted by Crippen LogP contribution is -2.64. The molecule has 3 fully saturated rings. The van der Waals surface area contributed by atoms with E-state index in [-0.39, 0.29) is 53.4 Å². The third-order valence-electron chi connectivity index (χ3n) is 20.3. The molecule has 5 aromatic rings. The van der Waals surface area contributed by atoms with Crippen LogP contribution in [0.15, 0.2) is 84.9 Å². The molecule has 0 saturated carbocycles. The highest BCUT2D eigenvalue weighted by atomic mass is 35.5. The van der Waals surface area contributed by atoms with E-state index in [1.165, 1.54) is 70.2 Å². The summed E-state index contributed by atoms with van der Waals surface area (Å²) in [6.07, 6.45) is -22.4. The first kappa shape index (κ1) is 82.4. The van der Waals surface area contributed by atoms with Gasteiger partial charge in [-0.05, 0) is 131 Å². The van der Waals surface area contributed by atoms with Gasteiger partial charge in [-0.2, -0.15) is 0 Å². The third kappa shape index (κ3) is 17.7. The number of benzene rings is 5. The maximum atomic E-state index is 16.4. The van der Waals surface area contributed by atoms with Crippen LogP contribution in [0.2, 0.25) is 5.02 Å². The molecule has 8 aliphatic rings. The van der Waals surface area contributed by atoms with E-state index in [0.29, 0.717) is 0 Å². The monoisotopic (exact) mass is 1570 g/mol. The maximum absolute atomic E-state index is 16.4. The number of aliphatic carboxylic acids is 1. The molecule has 111 heavy (non-hydrogen) atoms. The number of nitrogens with one attached hydrogen (secondary N) is 6. The number of halogens is 1. The Kier molecular flexibility index (Phi) is 24.5. The van der Waals surface area contributed by atoms with Gasteiger partial charge in [0.25, 0.3) is 0 Å². The number of aliphatic hydroxyl groups is 6. The lowest BCUT2D eigenvalue weighted by Gasteiger charge is -2.47. The summed E-state index contributed by atoms with van der Waals surface area (Å²) in [5, 5.41) is 129. The Morgan fingerprint density at radius 3 is 1.86 bits per heavy atom. The van der Waals surface area contributed by atoms with Crippen LogP contribution in [0.1, 0.15) is 125 Å². The van der Waals surface area contributed by atoms with Crippen molar-refractivity contribution in [1.82, 2.24) is 36.8 Å². The van der Waals surface area contributed by atoms with Gasteiger partial charge in [0, 0.05) is 46.7 Å². The van der Waals surface area contributed by atoms with E-state index in [1.807, 2.05) is 13.8 Å². The Morgan fingerprint density at radius 1 is 0.676 bits per heavy atom. The zero-order valence-electron chi connectivity index (χ0n) is 61.3. The molecule has 5 aromatic carbocycles. The molecule has 22 atom stereocenters. The largest absolute Gasteiger partial charge is 0.508 e. The van der Waals surface area contributed by atoms with Gasteiger partial charge in [-0.1, -0.05) is 49.7 Å². The van der Waals surface area contributed by atoms with Crippen molar-refractivity contribution in [2.75, 3.05) is 20.7 Å². The van der Waals surface area contributed by atoms with Crippen molar-refractivity contribution in [3.63, 3.8) is 0 Å². The van der Waals surface area contributed by atoms with Crippen LogP contribution < -0.4 is 63.3 Å². The molecular formula is C74H91ClN10O26. The summed E-state index contributed by atoms with van der Waals surface area (Å²) in [5.41, 5.74) is 13.6. The van der Waals surface area contributed by atoms with Crippen LogP contribution in [0.25, 0.3) is 11.1 Å². The number of aromatic hydroxyl groups is 3. The molecule has 7 amide bonds. The summed E-state index contributed by atoms with van der Waals surface area (Å²) < 4.78 is 51.7. The molecular weight excluding hydrogens is 1480 g/mol. The van der Waals surface area contributed by atoms with Gasteiger partial charge in [0.15, 0.2) is 36.2 Å². The van der Waals surface area contributed by atoms with Crippen molar-refractivity contribution in [3.8, 4) is 57.1 Å². The summed E-state index contributed by atoms with van der Waals surface area (Å²) in [5.74, 6) is -15.4. The number of aliphatic hydroxyl groups excluding tert-OH is 6. The van der Waals surface area contributed by atoms with Crippen molar-refractivity contribution in [1.29, 1.82) is 0 Å². The first-order valence-corrected chi connectivity index (χ1v) is 36.0. The third-order valence-corrected chi connectivity index (χ3v) is 20.6. The molecule has 13 rings (SSSR count). The van der Waals surface area contributed by atoms with E-state index < -0.39 is 255 Å². The number of ether oxygens (including phenoxy) is 8. The molecule has 11 bridgehead atoms. The first-order valence-electron chi connectivity index (χ1n) is 35.6. The number of phenols is 3. The molecule has 8 heterocycles. The molecule has 37 heteroatoms. The number of hydrogen-bond acceptors (Lipinski definition) is 28. The number of carboxylic acids is 1. The highest BCUT2D eigenvalue weighted by Crippen LogP contribution is 2.50. The van der Waals surface area contributed by atoms with E-state index in [4.69, 9.17) is 66.7 Å². The van der Waals surface area contributed by atoms with Crippen LogP contribution in [-0.2, 0) is 62.0 Å². The normalized spacial score (nSPS) is 32.1. The van der Waals surface area contributed by atoms with Crippen LogP contribution in [0.5, 0.6) is 46.0 Å². The number of amides is 7. The van der Waals surface area contributed by atoms with Gasteiger partial charge in [0.2, 0.25) is 53.4 Å². The molecule has 0 aliphatic carbocycles. The molecule has 0 unspecified atom stereocenters. The van der Waals surface area contributed by atoms with Crippen molar-refractivity contribution in [2.24, 2.45) is 23.1 Å². The summed E-state index contributed by atoms with van der Waals surface area (Å²) in [7, 11) is 3.22. The van der Waals surface area contributed by atoms with Crippen molar-refractivity contribution >= 4 is 58.9 Å². The first-order chi connectivity index (χ1) is 52.2. The molecule has 36 nitrogen and oxygen atoms in total. The fraction of sp³-hybridized carbons (Fsp3) is 0.486. The standard InChI is InChI=1S/C74H91ClN10O26/c1-28(2)17-41(85(7)8)66(97)83-55-57(91)31-9-13-36(14-10-31)106-45-20-34-21-46(61(45)111-72-62(59(93)58(92)47(27-86)108-72)110-50-26-74(6,78)64(95)30(4)105-50)107-44-16-12-33(19-39(44)75)60(109-49-25-73(5,77)63(94)29(3)104-49)56-70(101)82-54(71(102)103)38-22-35(87)23-43(89)51(38)37-18-32(11-15-42(37)88)52(67(98)84-56)81-68(99)53(34)80-65(96)40(24-48(76)90)79-69(55)100/h9-16,18-23,28-30,40-41,47,49-50,52-60,62-64,72,86-89,91-95H,17,24-27,77-78H2,1-8H3,(H2,76,90)(H,79,100)(H,80,96)(H,81,99)(H,82,101)(H,83,97)(H,84,98)(H,102,103)/t29-,30-,40-,41+,47+,49-,50-,52+,53+,54-,55+,56-,57+,58+,59-,60+,62+,63-,64-,72-,73-,74-/m0/s1. The van der Waals surface area contributed by atoms with Gasteiger partial charge < -0.3 is 138 Å². The number of rotatable bonds is 15. The van der Waals surface area contributed by atoms with Crippen LogP contribution in [0, 0.1) is 5.92 Å². The lowest BCUT2D eigenvalue weighted by molar-refractivity contribution is -0.333. The minimum absolute atomic E-state index is 0.0508. The topological polar surface area (TPSA) is 566 Å². The smallest absolute Gasteiger partial charge is 0.330 e. The Bertz CT molecular complexity index is 4380. The van der Waals surface area contributed by atoms with Crippen LogP contribution in [0.3, 0.4) is 0 Å². The molecule has 8 aliphatic heterocycles. The Labute approximate surface area is 639 Å². The lowest BCUT2D eigenvalue weighted by atomic mass is 9.86. The van der Waals surface area contributed by atoms with Crippen molar-refractivity contribution in [3.05, 3.63) is 118 Å². The SMILES string of the molecule is CC(C)C[C@H](C(=O)N[C@H]1C(=O)N[C@@H](CC(N)=O)C(=O)N[C@H]2C(=O)N[C@H]3C(=O)N[C@H](C(=O)N[C@H](C(=O)O)c4cc(O)cc(O)c4-c4cc3ccc4O)[C@H](O[C@H]3C[C@](C)(N)[C@@H](O)[C@H](C)O3)c3ccc(c(Cl)c3)Oc3cc2cc(c3O[C@@H]2O[C@H](CO)[C@@H](O)[C@H](O)[C@H]2O[C@H]2C[C@](C)(N)[C@@H](O)[C@H](C)O2)Oc2ccc(cc2)[C@H]1O)N(C)C. The Balaban J connectivity index is 1.18. The molecule has 0 radical (unpaired) electrons. The second kappa shape index (κ2) is 33.0. The van der Waals surface area contributed by atoms with E-state index in [2.05, 4.69) is 31.9 Å². The number of phenolic OH excluding ortho intramolecular Hbond substituents is 3.